The number of hydrogen-bond donors (Lipinski definition) is 0. The Bertz CT molecular complexity index is 1320. The molecule has 154 valence electrons. The van der Waals surface area contributed by atoms with Crippen LogP contribution in [0.25, 0.3) is 15.9 Å². The van der Waals surface area contributed by atoms with Crippen LogP contribution in [0, 0.1) is 0 Å². The lowest BCUT2D eigenvalue weighted by Crippen LogP contribution is -2.38. The van der Waals surface area contributed by atoms with Crippen LogP contribution in [-0.2, 0) is 12.0 Å². The minimum atomic E-state index is -0.362. The fourth-order valence-electron chi connectivity index (χ4n) is 3.51. The van der Waals surface area contributed by atoms with Crippen molar-refractivity contribution >= 4 is 21.6 Å². The predicted octanol–water partition coefficient (Wildman–Crippen LogP) is 4.57. The highest BCUT2D eigenvalue weighted by molar-refractivity contribution is 7.17. The van der Waals surface area contributed by atoms with E-state index >= 15 is 0 Å². The second kappa shape index (κ2) is 7.61. The molecule has 0 fully saturated rings. The maximum absolute atomic E-state index is 13.4. The lowest BCUT2D eigenvalue weighted by Gasteiger charge is -2.19. The molecule has 2 aromatic heterocycles. The molecule has 0 aliphatic rings. The molecule has 0 N–H and O–H groups in total. The highest BCUT2D eigenvalue weighted by Crippen LogP contribution is 2.23. The van der Waals surface area contributed by atoms with Crippen LogP contribution >= 0.6 is 11.3 Å². The van der Waals surface area contributed by atoms with Gasteiger partial charge in [0.25, 0.3) is 5.56 Å². The van der Waals surface area contributed by atoms with Crippen LogP contribution in [-0.4, -0.2) is 16.2 Å². The lowest BCUT2D eigenvalue weighted by molar-refractivity contribution is 0.414. The number of thiophene rings is 1. The minimum Gasteiger partial charge on any atom is -0.497 e. The van der Waals surface area contributed by atoms with E-state index in [0.717, 1.165) is 5.56 Å². The van der Waals surface area contributed by atoms with Crippen molar-refractivity contribution in [3.05, 3.63) is 91.9 Å². The molecular formula is C24H24N2O3S. The Balaban J connectivity index is 1.87. The molecule has 0 atom stereocenters. The number of nitrogens with zero attached hydrogens (tertiary/aromatic N) is 2. The number of hydrogen-bond acceptors (Lipinski definition) is 4. The molecule has 0 unspecified atom stereocenters. The SMILES string of the molecule is COc1cccc(-n2c(=O)c3sccc3n(Cc3ccc(C(C)(C)C)cc3)c2=O)c1. The summed E-state index contributed by atoms with van der Waals surface area (Å²) in [6.45, 7) is 6.91. The second-order valence-corrected chi connectivity index (χ2v) is 9.21. The summed E-state index contributed by atoms with van der Waals surface area (Å²) < 4.78 is 8.72. The van der Waals surface area contributed by atoms with Gasteiger partial charge in [-0.3, -0.25) is 9.36 Å². The van der Waals surface area contributed by atoms with Crippen LogP contribution in [0.3, 0.4) is 0 Å². The van der Waals surface area contributed by atoms with Gasteiger partial charge in [-0.2, -0.15) is 0 Å². The molecule has 0 amide bonds. The normalized spacial score (nSPS) is 11.7. The maximum Gasteiger partial charge on any atom is 0.336 e. The number of methoxy groups -OCH3 is 1. The molecule has 4 rings (SSSR count). The van der Waals surface area contributed by atoms with E-state index in [-0.39, 0.29) is 16.7 Å². The Hall–Kier alpha value is -3.12. The Morgan fingerprint density at radius 2 is 1.73 bits per heavy atom. The van der Waals surface area contributed by atoms with Crippen LogP contribution in [0.15, 0.2) is 69.6 Å². The van der Waals surface area contributed by atoms with Gasteiger partial charge < -0.3 is 4.74 Å². The van der Waals surface area contributed by atoms with Gasteiger partial charge in [-0.15, -0.1) is 11.3 Å². The first-order valence-electron chi connectivity index (χ1n) is 9.76. The standard InChI is InChI=1S/C24H24N2O3S/c1-24(2,3)17-10-8-16(9-11-17)15-25-20-12-13-30-21(20)22(27)26(23(25)28)18-6-5-7-19(14-18)29-4/h5-14H,15H2,1-4H3. The van der Waals surface area contributed by atoms with Crippen LogP contribution in [0.4, 0.5) is 0 Å². The van der Waals surface area contributed by atoms with Crippen molar-refractivity contribution in [2.24, 2.45) is 0 Å². The molecule has 0 aliphatic carbocycles. The van der Waals surface area contributed by atoms with Gasteiger partial charge in [0.15, 0.2) is 0 Å². The van der Waals surface area contributed by atoms with Gasteiger partial charge in [-0.1, -0.05) is 51.1 Å². The topological polar surface area (TPSA) is 53.2 Å². The van der Waals surface area contributed by atoms with Crippen LogP contribution in [0.2, 0.25) is 0 Å². The number of ether oxygens (including phenoxy) is 1. The largest absolute Gasteiger partial charge is 0.497 e. The maximum atomic E-state index is 13.4. The number of aromatic nitrogens is 2. The average molecular weight is 421 g/mol. The molecule has 2 heterocycles. The van der Waals surface area contributed by atoms with Crippen molar-refractivity contribution in [1.82, 2.24) is 9.13 Å². The first-order chi connectivity index (χ1) is 14.3. The van der Waals surface area contributed by atoms with Crippen molar-refractivity contribution in [3.63, 3.8) is 0 Å². The molecule has 0 aliphatic heterocycles. The second-order valence-electron chi connectivity index (χ2n) is 8.29. The van der Waals surface area contributed by atoms with E-state index < -0.39 is 0 Å². The summed E-state index contributed by atoms with van der Waals surface area (Å²) in [4.78, 5) is 26.5. The van der Waals surface area contributed by atoms with Gasteiger partial charge in [-0.05, 0) is 40.1 Å². The van der Waals surface area contributed by atoms with Gasteiger partial charge >= 0.3 is 5.69 Å². The fourth-order valence-corrected chi connectivity index (χ4v) is 4.33. The highest BCUT2D eigenvalue weighted by Gasteiger charge is 2.17. The van der Waals surface area contributed by atoms with Crippen molar-refractivity contribution in [1.29, 1.82) is 0 Å². The summed E-state index contributed by atoms with van der Waals surface area (Å²) in [7, 11) is 1.56. The van der Waals surface area contributed by atoms with Gasteiger partial charge in [0.05, 0.1) is 24.9 Å². The van der Waals surface area contributed by atoms with E-state index in [2.05, 4.69) is 32.9 Å². The highest BCUT2D eigenvalue weighted by atomic mass is 32.1. The van der Waals surface area contributed by atoms with Crippen LogP contribution in [0.5, 0.6) is 5.75 Å². The monoisotopic (exact) mass is 420 g/mol. The van der Waals surface area contributed by atoms with Gasteiger partial charge in [0, 0.05) is 6.07 Å². The molecule has 2 aromatic carbocycles. The summed E-state index contributed by atoms with van der Waals surface area (Å²) in [5.41, 5.74) is 2.80. The first kappa shape index (κ1) is 20.2. The van der Waals surface area contributed by atoms with Crippen molar-refractivity contribution in [2.45, 2.75) is 32.7 Å². The zero-order valence-corrected chi connectivity index (χ0v) is 18.3. The zero-order valence-electron chi connectivity index (χ0n) is 17.5. The Morgan fingerprint density at radius 1 is 1.00 bits per heavy atom. The number of benzene rings is 2. The summed E-state index contributed by atoms with van der Waals surface area (Å²) in [6.07, 6.45) is 0. The Labute approximate surface area is 178 Å². The molecule has 0 saturated carbocycles. The predicted molar refractivity (Wildman–Crippen MR) is 122 cm³/mol. The van der Waals surface area contributed by atoms with E-state index in [9.17, 15) is 9.59 Å². The van der Waals surface area contributed by atoms with Crippen molar-refractivity contribution in [2.75, 3.05) is 7.11 Å². The summed E-state index contributed by atoms with van der Waals surface area (Å²) in [6, 6.07) is 17.1. The van der Waals surface area contributed by atoms with E-state index in [1.54, 1.807) is 35.9 Å². The quantitative estimate of drug-likeness (QED) is 0.486. The van der Waals surface area contributed by atoms with Crippen molar-refractivity contribution < 1.29 is 4.74 Å². The van der Waals surface area contributed by atoms with Crippen LogP contribution in [0.1, 0.15) is 31.9 Å². The third-order valence-electron chi connectivity index (χ3n) is 5.23. The van der Waals surface area contributed by atoms with Gasteiger partial charge in [-0.25, -0.2) is 9.36 Å². The fraction of sp³-hybridized carbons (Fsp3) is 0.250. The molecule has 0 spiro atoms. The summed E-state index contributed by atoms with van der Waals surface area (Å²) in [5, 5.41) is 1.85. The lowest BCUT2D eigenvalue weighted by atomic mass is 9.87. The third kappa shape index (κ3) is 3.59. The van der Waals surface area contributed by atoms with E-state index in [0.29, 0.717) is 28.2 Å². The Kier molecular flexibility index (Phi) is 5.12. The molecule has 30 heavy (non-hydrogen) atoms. The molecule has 0 saturated heterocycles. The molecule has 5 nitrogen and oxygen atoms in total. The number of rotatable bonds is 4. The first-order valence-corrected chi connectivity index (χ1v) is 10.6. The van der Waals surface area contributed by atoms with Gasteiger partial charge in [0.1, 0.15) is 10.4 Å². The number of fused-ring (bicyclic) bond motifs is 1. The molecule has 4 aromatic rings. The van der Waals surface area contributed by atoms with E-state index in [1.807, 2.05) is 23.6 Å². The van der Waals surface area contributed by atoms with Crippen molar-refractivity contribution in [3.8, 4) is 11.4 Å². The van der Waals surface area contributed by atoms with E-state index in [4.69, 9.17) is 4.74 Å². The van der Waals surface area contributed by atoms with Crippen LogP contribution < -0.4 is 16.0 Å². The minimum absolute atomic E-state index is 0.0651. The van der Waals surface area contributed by atoms with E-state index in [1.165, 1.54) is 21.5 Å². The average Bonchev–Trinajstić information content (AvgIpc) is 3.21. The molecule has 6 heteroatoms. The molecular weight excluding hydrogens is 396 g/mol. The Morgan fingerprint density at radius 3 is 2.40 bits per heavy atom. The summed E-state index contributed by atoms with van der Waals surface area (Å²) in [5.74, 6) is 0.592. The zero-order chi connectivity index (χ0) is 21.5. The van der Waals surface area contributed by atoms with Gasteiger partial charge in [0.2, 0.25) is 0 Å². The third-order valence-corrected chi connectivity index (χ3v) is 6.12. The molecule has 0 radical (unpaired) electrons. The smallest absolute Gasteiger partial charge is 0.336 e. The molecule has 0 bridgehead atoms. The summed E-state index contributed by atoms with van der Waals surface area (Å²) >= 11 is 1.35.